The number of rotatable bonds is 4. The molecule has 3 aromatic rings. The minimum atomic E-state index is -3.55. The van der Waals surface area contributed by atoms with E-state index < -0.39 is 10.0 Å². The van der Waals surface area contributed by atoms with Crippen LogP contribution in [-0.2, 0) is 21.2 Å². The second-order valence-corrected chi connectivity index (χ2v) is 10.6. The molecular formula is C25H28N3O3S+. The van der Waals surface area contributed by atoms with Gasteiger partial charge in [0.05, 0.1) is 31.1 Å². The molecule has 7 heteroatoms. The monoisotopic (exact) mass is 450 g/mol. The summed E-state index contributed by atoms with van der Waals surface area (Å²) in [5, 5.41) is 1.94. The molecule has 32 heavy (non-hydrogen) atoms. The molecular weight excluding hydrogens is 422 g/mol. The van der Waals surface area contributed by atoms with Crippen LogP contribution in [0.15, 0.2) is 71.6 Å². The number of sulfonamides is 1. The zero-order chi connectivity index (χ0) is 22.3. The molecule has 0 radical (unpaired) electrons. The first-order chi connectivity index (χ1) is 15.4. The number of carbonyl (C=O) groups is 1. The van der Waals surface area contributed by atoms with Crippen LogP contribution in [0.25, 0.3) is 10.8 Å². The molecule has 0 spiro atoms. The van der Waals surface area contributed by atoms with E-state index in [-0.39, 0.29) is 11.9 Å². The number of carbonyl (C=O) groups excluding carboxylic acids is 1. The molecule has 0 aliphatic carbocycles. The van der Waals surface area contributed by atoms with Crippen molar-refractivity contribution in [1.29, 1.82) is 0 Å². The second kappa shape index (κ2) is 8.31. The van der Waals surface area contributed by atoms with E-state index >= 15 is 0 Å². The summed E-state index contributed by atoms with van der Waals surface area (Å²) in [7, 11) is -3.55. The highest BCUT2D eigenvalue weighted by molar-refractivity contribution is 7.89. The summed E-state index contributed by atoms with van der Waals surface area (Å²) in [5.41, 5.74) is 2.23. The normalized spacial score (nSPS) is 18.6. The van der Waals surface area contributed by atoms with Crippen LogP contribution >= 0.6 is 0 Å². The highest BCUT2D eigenvalue weighted by Crippen LogP contribution is 2.27. The Hall–Kier alpha value is -2.74. The first kappa shape index (κ1) is 21.1. The lowest BCUT2D eigenvalue weighted by atomic mass is 10.1. The van der Waals surface area contributed by atoms with Gasteiger partial charge in [0.2, 0.25) is 10.0 Å². The van der Waals surface area contributed by atoms with Gasteiger partial charge in [-0.15, -0.1) is 0 Å². The Labute approximate surface area is 189 Å². The zero-order valence-corrected chi connectivity index (χ0v) is 19.0. The maximum absolute atomic E-state index is 13.2. The van der Waals surface area contributed by atoms with Crippen molar-refractivity contribution in [3.63, 3.8) is 0 Å². The van der Waals surface area contributed by atoms with Crippen LogP contribution in [0.4, 0.5) is 5.69 Å². The summed E-state index contributed by atoms with van der Waals surface area (Å²) in [6, 6.07) is 20.9. The molecule has 1 atom stereocenters. The Morgan fingerprint density at radius 3 is 2.38 bits per heavy atom. The van der Waals surface area contributed by atoms with E-state index in [9.17, 15) is 13.2 Å². The van der Waals surface area contributed by atoms with E-state index in [1.54, 1.807) is 16.4 Å². The van der Waals surface area contributed by atoms with E-state index in [1.165, 1.54) is 5.56 Å². The molecule has 1 amide bonds. The average Bonchev–Trinajstić information content (AvgIpc) is 3.27. The largest absolute Gasteiger partial charge is 0.323 e. The number of piperazine rings is 1. The summed E-state index contributed by atoms with van der Waals surface area (Å²) in [6.45, 7) is 4.76. The van der Waals surface area contributed by atoms with Gasteiger partial charge in [-0.3, -0.25) is 4.79 Å². The third kappa shape index (κ3) is 3.70. The van der Waals surface area contributed by atoms with Gasteiger partial charge in [0.1, 0.15) is 0 Å². The molecule has 1 saturated heterocycles. The summed E-state index contributed by atoms with van der Waals surface area (Å²) in [4.78, 5) is 16.6. The van der Waals surface area contributed by atoms with Crippen LogP contribution in [0.3, 0.4) is 0 Å². The fourth-order valence-electron chi connectivity index (χ4n) is 4.90. The van der Waals surface area contributed by atoms with Gasteiger partial charge in [0, 0.05) is 12.2 Å². The molecule has 0 saturated carbocycles. The lowest BCUT2D eigenvalue weighted by Gasteiger charge is -2.35. The molecule has 3 aromatic carbocycles. The van der Waals surface area contributed by atoms with Gasteiger partial charge in [0.25, 0.3) is 5.91 Å². The van der Waals surface area contributed by atoms with Gasteiger partial charge in [-0.05, 0) is 47.9 Å². The SMILES string of the molecule is C[C@H](C(=O)N1CCc2ccccc21)[NH+]1CCN(S(=O)(=O)c2ccc3ccccc3c2)CC1. The van der Waals surface area contributed by atoms with Crippen molar-refractivity contribution >= 4 is 32.4 Å². The van der Waals surface area contributed by atoms with Gasteiger partial charge in [-0.2, -0.15) is 4.31 Å². The van der Waals surface area contributed by atoms with Gasteiger partial charge >= 0.3 is 0 Å². The van der Waals surface area contributed by atoms with Crippen molar-refractivity contribution in [2.75, 3.05) is 37.6 Å². The molecule has 0 unspecified atom stereocenters. The Morgan fingerprint density at radius 2 is 1.59 bits per heavy atom. The number of anilines is 1. The molecule has 0 bridgehead atoms. The van der Waals surface area contributed by atoms with Crippen LogP contribution in [0.5, 0.6) is 0 Å². The number of fused-ring (bicyclic) bond motifs is 2. The van der Waals surface area contributed by atoms with Gasteiger partial charge < -0.3 is 9.80 Å². The lowest BCUT2D eigenvalue weighted by Crippen LogP contribution is -3.19. The molecule has 6 nitrogen and oxygen atoms in total. The van der Waals surface area contributed by atoms with Crippen LogP contribution in [0.2, 0.25) is 0 Å². The number of para-hydroxylation sites is 1. The van der Waals surface area contributed by atoms with Crippen molar-refractivity contribution in [1.82, 2.24) is 4.31 Å². The van der Waals surface area contributed by atoms with Gasteiger partial charge in [0.15, 0.2) is 6.04 Å². The molecule has 2 heterocycles. The fraction of sp³-hybridized carbons (Fsp3) is 0.320. The second-order valence-electron chi connectivity index (χ2n) is 8.66. The molecule has 0 aromatic heterocycles. The van der Waals surface area contributed by atoms with Crippen molar-refractivity contribution in [3.05, 3.63) is 72.3 Å². The topological polar surface area (TPSA) is 62.1 Å². The number of nitrogens with one attached hydrogen (secondary N) is 1. The number of nitrogens with zero attached hydrogens (tertiary/aromatic N) is 2. The van der Waals surface area contributed by atoms with E-state index in [4.69, 9.17) is 0 Å². The first-order valence-electron chi connectivity index (χ1n) is 11.2. The third-order valence-corrected chi connectivity index (χ3v) is 8.75. The molecule has 5 rings (SSSR count). The predicted octanol–water partition coefficient (Wildman–Crippen LogP) is 1.71. The number of benzene rings is 3. The quantitative estimate of drug-likeness (QED) is 0.658. The predicted molar refractivity (Wildman–Crippen MR) is 125 cm³/mol. The van der Waals surface area contributed by atoms with Crippen molar-refractivity contribution < 1.29 is 18.1 Å². The van der Waals surface area contributed by atoms with Crippen molar-refractivity contribution in [3.8, 4) is 0 Å². The Kier molecular flexibility index (Phi) is 5.49. The van der Waals surface area contributed by atoms with Crippen LogP contribution in [0, 0.1) is 0 Å². The van der Waals surface area contributed by atoms with E-state index in [0.717, 1.165) is 34.3 Å². The highest BCUT2D eigenvalue weighted by Gasteiger charge is 2.37. The number of hydrogen-bond donors (Lipinski definition) is 1. The Bertz CT molecular complexity index is 1270. The van der Waals surface area contributed by atoms with Crippen molar-refractivity contribution in [2.24, 2.45) is 0 Å². The maximum atomic E-state index is 13.2. The Morgan fingerprint density at radius 1 is 0.906 bits per heavy atom. The lowest BCUT2D eigenvalue weighted by molar-refractivity contribution is -0.917. The highest BCUT2D eigenvalue weighted by atomic mass is 32.2. The molecule has 1 fully saturated rings. The van der Waals surface area contributed by atoms with Gasteiger partial charge in [-0.25, -0.2) is 8.42 Å². The summed E-state index contributed by atoms with van der Waals surface area (Å²) >= 11 is 0. The minimum Gasteiger partial charge on any atom is -0.323 e. The molecule has 2 aliphatic heterocycles. The number of amides is 1. The fourth-order valence-corrected chi connectivity index (χ4v) is 6.38. The van der Waals surface area contributed by atoms with Crippen LogP contribution in [0.1, 0.15) is 12.5 Å². The molecule has 166 valence electrons. The summed E-state index contributed by atoms with van der Waals surface area (Å²) < 4.78 is 28.0. The number of quaternary nitrogens is 1. The van der Waals surface area contributed by atoms with E-state index in [0.29, 0.717) is 31.1 Å². The maximum Gasteiger partial charge on any atom is 0.284 e. The summed E-state index contributed by atoms with van der Waals surface area (Å²) in [6.07, 6.45) is 0.891. The van der Waals surface area contributed by atoms with E-state index in [1.807, 2.05) is 60.4 Å². The van der Waals surface area contributed by atoms with Crippen LogP contribution < -0.4 is 9.80 Å². The first-order valence-corrected chi connectivity index (χ1v) is 12.6. The molecule has 1 N–H and O–H groups in total. The zero-order valence-electron chi connectivity index (χ0n) is 18.2. The van der Waals surface area contributed by atoms with Crippen molar-refractivity contribution in [2.45, 2.75) is 24.3 Å². The third-order valence-electron chi connectivity index (χ3n) is 6.86. The number of hydrogen-bond acceptors (Lipinski definition) is 3. The smallest absolute Gasteiger partial charge is 0.284 e. The minimum absolute atomic E-state index is 0.121. The van der Waals surface area contributed by atoms with E-state index in [2.05, 4.69) is 6.07 Å². The molecule has 2 aliphatic rings. The van der Waals surface area contributed by atoms with Gasteiger partial charge in [-0.1, -0.05) is 48.5 Å². The van der Waals surface area contributed by atoms with Crippen LogP contribution in [-0.4, -0.2) is 57.4 Å². The Balaban J connectivity index is 1.26. The summed E-state index contributed by atoms with van der Waals surface area (Å²) in [5.74, 6) is 0.121. The average molecular weight is 451 g/mol. The standard InChI is InChI=1S/C25H27N3O3S/c1-19(25(29)28-13-12-21-7-4-5-9-24(21)28)26-14-16-27(17-15-26)32(30,31)23-11-10-20-6-2-3-8-22(20)18-23/h2-11,18-19H,12-17H2,1H3/p+1/t19-/m1/s1.